The van der Waals surface area contributed by atoms with Crippen LogP contribution in [0.3, 0.4) is 0 Å². The molecule has 1 aromatic rings. The molecule has 0 saturated carbocycles. The van der Waals surface area contributed by atoms with Crippen molar-refractivity contribution < 1.29 is 14.7 Å². The van der Waals surface area contributed by atoms with Crippen LogP contribution in [0, 0.1) is 0 Å². The van der Waals surface area contributed by atoms with Gasteiger partial charge in [-0.05, 0) is 12.1 Å². The van der Waals surface area contributed by atoms with Gasteiger partial charge in [-0.2, -0.15) is 0 Å². The van der Waals surface area contributed by atoms with Crippen LogP contribution in [-0.4, -0.2) is 29.6 Å². The van der Waals surface area contributed by atoms with Gasteiger partial charge in [0.15, 0.2) is 0 Å². The maximum absolute atomic E-state index is 11.6. The lowest BCUT2D eigenvalue weighted by Gasteiger charge is -2.09. The van der Waals surface area contributed by atoms with E-state index in [9.17, 15) is 9.59 Å². The quantitative estimate of drug-likeness (QED) is 0.509. The van der Waals surface area contributed by atoms with Crippen molar-refractivity contribution in [1.82, 2.24) is 5.32 Å². The third kappa shape index (κ3) is 2.96. The van der Waals surface area contributed by atoms with Crippen molar-refractivity contribution in [3.8, 4) is 0 Å². The van der Waals surface area contributed by atoms with Crippen LogP contribution in [0.1, 0.15) is 10.4 Å². The van der Waals surface area contributed by atoms with Gasteiger partial charge in [-0.15, -0.1) is 0 Å². The Kier molecular flexibility index (Phi) is 3.84. The van der Waals surface area contributed by atoms with Gasteiger partial charge in [-0.3, -0.25) is 9.59 Å². The van der Waals surface area contributed by atoms with Crippen LogP contribution in [0.25, 0.3) is 0 Å². The van der Waals surface area contributed by atoms with Crippen molar-refractivity contribution in [3.05, 3.63) is 29.8 Å². The highest BCUT2D eigenvalue weighted by Gasteiger charge is 2.14. The predicted molar refractivity (Wildman–Crippen MR) is 58.8 cm³/mol. The summed E-state index contributed by atoms with van der Waals surface area (Å²) in [5.41, 5.74) is 11.5. The lowest BCUT2D eigenvalue weighted by Crippen LogP contribution is -2.42. The molecule has 6 N–H and O–H groups in total. The fourth-order valence-electron chi connectivity index (χ4n) is 1.09. The molecule has 0 radical (unpaired) electrons. The molecule has 1 unspecified atom stereocenters. The van der Waals surface area contributed by atoms with E-state index in [2.05, 4.69) is 5.32 Å². The second-order valence-electron chi connectivity index (χ2n) is 3.24. The van der Waals surface area contributed by atoms with Gasteiger partial charge in [0, 0.05) is 12.2 Å². The highest BCUT2D eigenvalue weighted by atomic mass is 16.4. The Bertz CT molecular complexity index is 406. The molecule has 0 aromatic heterocycles. The maximum Gasteiger partial charge on any atom is 0.322 e. The first-order valence-corrected chi connectivity index (χ1v) is 4.63. The van der Waals surface area contributed by atoms with Gasteiger partial charge < -0.3 is 21.9 Å². The Morgan fingerprint density at radius 3 is 2.56 bits per heavy atom. The van der Waals surface area contributed by atoms with Crippen LogP contribution in [0.4, 0.5) is 5.69 Å². The standard InChI is InChI=1S/C10H13N3O3/c11-7-4-2-1-3-6(7)9(14)13-5-8(12)10(15)16/h1-4,8H,5,11-12H2,(H,13,14)(H,15,16). The molecule has 0 saturated heterocycles. The number of nitrogen functional groups attached to an aromatic ring is 1. The first-order chi connectivity index (χ1) is 7.52. The lowest BCUT2D eigenvalue weighted by molar-refractivity contribution is -0.138. The Labute approximate surface area is 92.2 Å². The van der Waals surface area contributed by atoms with Gasteiger partial charge in [0.05, 0.1) is 5.56 Å². The SMILES string of the molecule is Nc1ccccc1C(=O)NCC(N)C(=O)O. The Morgan fingerprint density at radius 1 is 1.38 bits per heavy atom. The fourth-order valence-corrected chi connectivity index (χ4v) is 1.09. The summed E-state index contributed by atoms with van der Waals surface area (Å²) in [6.45, 7) is -0.136. The number of rotatable bonds is 4. The van der Waals surface area contributed by atoms with E-state index in [1.54, 1.807) is 24.3 Å². The van der Waals surface area contributed by atoms with Gasteiger partial charge in [-0.25, -0.2) is 0 Å². The van der Waals surface area contributed by atoms with Crippen LogP contribution in [0.15, 0.2) is 24.3 Å². The van der Waals surface area contributed by atoms with E-state index in [4.69, 9.17) is 16.6 Å². The number of carboxylic acid groups (broad SMARTS) is 1. The number of hydrogen-bond acceptors (Lipinski definition) is 4. The average molecular weight is 223 g/mol. The highest BCUT2D eigenvalue weighted by molar-refractivity contribution is 5.99. The molecule has 86 valence electrons. The predicted octanol–water partition coefficient (Wildman–Crippen LogP) is -0.590. The molecule has 1 aromatic carbocycles. The summed E-state index contributed by atoms with van der Waals surface area (Å²) in [5, 5.41) is 10.9. The van der Waals surface area contributed by atoms with Crippen molar-refractivity contribution in [2.45, 2.75) is 6.04 Å². The smallest absolute Gasteiger partial charge is 0.322 e. The summed E-state index contributed by atoms with van der Waals surface area (Å²) in [4.78, 5) is 22.0. The second-order valence-corrected chi connectivity index (χ2v) is 3.24. The molecule has 1 atom stereocenters. The number of benzene rings is 1. The number of carbonyl (C=O) groups excluding carboxylic acids is 1. The van der Waals surface area contributed by atoms with E-state index in [0.717, 1.165) is 0 Å². The number of aliphatic carboxylic acids is 1. The molecule has 16 heavy (non-hydrogen) atoms. The summed E-state index contributed by atoms with van der Waals surface area (Å²) in [6.07, 6.45) is 0. The molecule has 6 heteroatoms. The first kappa shape index (κ1) is 12.0. The molecule has 0 heterocycles. The van der Waals surface area contributed by atoms with Crippen molar-refractivity contribution >= 4 is 17.6 Å². The lowest BCUT2D eigenvalue weighted by atomic mass is 10.1. The number of amides is 1. The van der Waals surface area contributed by atoms with Crippen LogP contribution in [-0.2, 0) is 4.79 Å². The van der Waals surface area contributed by atoms with Crippen LogP contribution in [0.2, 0.25) is 0 Å². The van der Waals surface area contributed by atoms with E-state index in [1.165, 1.54) is 0 Å². The number of nitrogens with two attached hydrogens (primary N) is 2. The number of carbonyl (C=O) groups is 2. The summed E-state index contributed by atoms with van der Waals surface area (Å²) >= 11 is 0. The van der Waals surface area contributed by atoms with E-state index in [0.29, 0.717) is 11.3 Å². The van der Waals surface area contributed by atoms with E-state index in [-0.39, 0.29) is 6.54 Å². The summed E-state index contributed by atoms with van der Waals surface area (Å²) in [6, 6.07) is 5.40. The largest absolute Gasteiger partial charge is 0.480 e. The topological polar surface area (TPSA) is 118 Å². The molecule has 0 aliphatic carbocycles. The van der Waals surface area contributed by atoms with E-state index in [1.807, 2.05) is 0 Å². The summed E-state index contributed by atoms with van der Waals surface area (Å²) in [5.74, 6) is -1.60. The molecule has 1 amide bonds. The third-order valence-electron chi connectivity index (χ3n) is 2.01. The van der Waals surface area contributed by atoms with Gasteiger partial charge in [0.25, 0.3) is 5.91 Å². The van der Waals surface area contributed by atoms with Crippen molar-refractivity contribution in [3.63, 3.8) is 0 Å². The summed E-state index contributed by atoms with van der Waals surface area (Å²) < 4.78 is 0. The normalized spacial score (nSPS) is 11.8. The van der Waals surface area contributed by atoms with Crippen LogP contribution in [0.5, 0.6) is 0 Å². The highest BCUT2D eigenvalue weighted by Crippen LogP contribution is 2.09. The molecule has 6 nitrogen and oxygen atoms in total. The van der Waals surface area contributed by atoms with Crippen molar-refractivity contribution in [1.29, 1.82) is 0 Å². The molecule has 1 rings (SSSR count). The zero-order valence-electron chi connectivity index (χ0n) is 8.51. The van der Waals surface area contributed by atoms with E-state index >= 15 is 0 Å². The minimum absolute atomic E-state index is 0.136. The Balaban J connectivity index is 2.60. The monoisotopic (exact) mass is 223 g/mol. The van der Waals surface area contributed by atoms with Crippen molar-refractivity contribution in [2.24, 2.45) is 5.73 Å². The molecule has 0 spiro atoms. The fraction of sp³-hybridized carbons (Fsp3) is 0.200. The summed E-state index contributed by atoms with van der Waals surface area (Å²) in [7, 11) is 0. The number of nitrogens with one attached hydrogen (secondary N) is 1. The third-order valence-corrected chi connectivity index (χ3v) is 2.01. The number of carboxylic acids is 1. The number of anilines is 1. The number of para-hydroxylation sites is 1. The molecular weight excluding hydrogens is 210 g/mol. The van der Waals surface area contributed by atoms with Crippen LogP contribution < -0.4 is 16.8 Å². The van der Waals surface area contributed by atoms with Gasteiger partial charge in [0.1, 0.15) is 6.04 Å². The minimum Gasteiger partial charge on any atom is -0.480 e. The second kappa shape index (κ2) is 5.13. The first-order valence-electron chi connectivity index (χ1n) is 4.63. The van der Waals surface area contributed by atoms with E-state index < -0.39 is 17.9 Å². The van der Waals surface area contributed by atoms with Crippen molar-refractivity contribution in [2.75, 3.05) is 12.3 Å². The molecule has 0 aliphatic rings. The maximum atomic E-state index is 11.6. The molecular formula is C10H13N3O3. The Morgan fingerprint density at radius 2 is 2.00 bits per heavy atom. The zero-order chi connectivity index (χ0) is 12.1. The van der Waals surface area contributed by atoms with Gasteiger partial charge >= 0.3 is 5.97 Å². The molecule has 0 fully saturated rings. The Hall–Kier alpha value is -2.08. The van der Waals surface area contributed by atoms with Crippen LogP contribution >= 0.6 is 0 Å². The zero-order valence-corrected chi connectivity index (χ0v) is 8.51. The number of hydrogen-bond donors (Lipinski definition) is 4. The average Bonchev–Trinajstić information content (AvgIpc) is 2.25. The van der Waals surface area contributed by atoms with Gasteiger partial charge in [-0.1, -0.05) is 12.1 Å². The minimum atomic E-state index is -1.17. The molecule has 0 bridgehead atoms. The van der Waals surface area contributed by atoms with Gasteiger partial charge in [0.2, 0.25) is 0 Å². The molecule has 0 aliphatic heterocycles.